The summed E-state index contributed by atoms with van der Waals surface area (Å²) in [5, 5.41) is 3.11. The van der Waals surface area contributed by atoms with Gasteiger partial charge in [-0.3, -0.25) is 9.59 Å². The topological polar surface area (TPSA) is 96.9 Å². The standard InChI is InChI=1S/C19H21N5O4/c1-12-9-15(18(26)24-7-5-23(6-8-24)13(2)25)22-19(20-12)21-14-3-4-16-17(10-14)28-11-27-16/h3-4,9-10H,5-8,11H2,1-2H3,(H,20,21,22). The van der Waals surface area contributed by atoms with Crippen molar-refractivity contribution in [3.63, 3.8) is 0 Å². The largest absolute Gasteiger partial charge is 0.454 e. The number of anilines is 2. The van der Waals surface area contributed by atoms with E-state index in [1.807, 2.05) is 13.0 Å². The van der Waals surface area contributed by atoms with E-state index in [-0.39, 0.29) is 18.6 Å². The van der Waals surface area contributed by atoms with Crippen LogP contribution >= 0.6 is 0 Å². The zero-order chi connectivity index (χ0) is 19.7. The monoisotopic (exact) mass is 383 g/mol. The Morgan fingerprint density at radius 2 is 1.71 bits per heavy atom. The Labute approximate surface area is 162 Å². The van der Waals surface area contributed by atoms with Crippen LogP contribution in [-0.2, 0) is 4.79 Å². The third kappa shape index (κ3) is 3.68. The Hall–Kier alpha value is -3.36. The van der Waals surface area contributed by atoms with Gasteiger partial charge in [0, 0.05) is 50.6 Å². The molecule has 9 nitrogen and oxygen atoms in total. The van der Waals surface area contributed by atoms with Crippen molar-refractivity contribution in [3.8, 4) is 11.5 Å². The molecule has 0 bridgehead atoms. The van der Waals surface area contributed by atoms with Crippen LogP contribution in [0.15, 0.2) is 24.3 Å². The van der Waals surface area contributed by atoms with Crippen molar-refractivity contribution < 1.29 is 19.1 Å². The maximum absolute atomic E-state index is 12.9. The summed E-state index contributed by atoms with van der Waals surface area (Å²) in [7, 11) is 0. The first-order chi connectivity index (χ1) is 13.5. The number of benzene rings is 1. The summed E-state index contributed by atoms with van der Waals surface area (Å²) in [6, 6.07) is 7.11. The van der Waals surface area contributed by atoms with Crippen molar-refractivity contribution in [1.29, 1.82) is 0 Å². The lowest BCUT2D eigenvalue weighted by atomic mass is 10.2. The van der Waals surface area contributed by atoms with Crippen LogP contribution in [-0.4, -0.2) is 64.6 Å². The van der Waals surface area contributed by atoms with Crippen LogP contribution in [0.1, 0.15) is 23.1 Å². The number of piperazine rings is 1. The Kier molecular flexibility index (Phi) is 4.72. The lowest BCUT2D eigenvalue weighted by Crippen LogP contribution is -2.50. The summed E-state index contributed by atoms with van der Waals surface area (Å²) < 4.78 is 10.7. The van der Waals surface area contributed by atoms with Crippen LogP contribution in [0.3, 0.4) is 0 Å². The number of aromatic nitrogens is 2. The molecule has 1 aromatic heterocycles. The summed E-state index contributed by atoms with van der Waals surface area (Å²) in [6.07, 6.45) is 0. The predicted molar refractivity (Wildman–Crippen MR) is 101 cm³/mol. The van der Waals surface area contributed by atoms with Crippen molar-refractivity contribution in [3.05, 3.63) is 35.7 Å². The molecule has 0 spiro atoms. The summed E-state index contributed by atoms with van der Waals surface area (Å²) in [6.45, 7) is 5.62. The minimum Gasteiger partial charge on any atom is -0.454 e. The molecule has 4 rings (SSSR count). The van der Waals surface area contributed by atoms with Gasteiger partial charge >= 0.3 is 0 Å². The molecule has 3 heterocycles. The number of rotatable bonds is 3. The highest BCUT2D eigenvalue weighted by Crippen LogP contribution is 2.34. The molecule has 1 N–H and O–H groups in total. The van der Waals surface area contributed by atoms with Crippen LogP contribution < -0.4 is 14.8 Å². The second kappa shape index (κ2) is 7.34. The Morgan fingerprint density at radius 1 is 1.00 bits per heavy atom. The van der Waals surface area contributed by atoms with E-state index in [0.717, 1.165) is 5.69 Å². The second-order valence-electron chi connectivity index (χ2n) is 6.71. The highest BCUT2D eigenvalue weighted by atomic mass is 16.7. The van der Waals surface area contributed by atoms with E-state index in [1.165, 1.54) is 0 Å². The van der Waals surface area contributed by atoms with Gasteiger partial charge in [0.2, 0.25) is 18.6 Å². The van der Waals surface area contributed by atoms with Gasteiger partial charge in [0.25, 0.3) is 5.91 Å². The molecule has 0 atom stereocenters. The average Bonchev–Trinajstić information content (AvgIpc) is 3.15. The predicted octanol–water partition coefficient (Wildman–Crippen LogP) is 1.56. The molecule has 2 aliphatic rings. The number of carbonyl (C=O) groups is 2. The van der Waals surface area contributed by atoms with E-state index in [4.69, 9.17) is 9.47 Å². The Morgan fingerprint density at radius 3 is 2.46 bits per heavy atom. The van der Waals surface area contributed by atoms with E-state index in [0.29, 0.717) is 55.0 Å². The van der Waals surface area contributed by atoms with Gasteiger partial charge in [-0.25, -0.2) is 9.97 Å². The van der Waals surface area contributed by atoms with Crippen molar-refractivity contribution in [2.75, 3.05) is 38.3 Å². The molecule has 0 saturated carbocycles. The molecule has 0 radical (unpaired) electrons. The lowest BCUT2D eigenvalue weighted by molar-refractivity contribution is -0.130. The fourth-order valence-corrected chi connectivity index (χ4v) is 3.22. The number of aryl methyl sites for hydroxylation is 1. The molecular weight excluding hydrogens is 362 g/mol. The number of hydrogen-bond donors (Lipinski definition) is 1. The second-order valence-corrected chi connectivity index (χ2v) is 6.71. The van der Waals surface area contributed by atoms with Gasteiger partial charge in [-0.15, -0.1) is 0 Å². The molecule has 28 heavy (non-hydrogen) atoms. The van der Waals surface area contributed by atoms with Gasteiger partial charge in [0.05, 0.1) is 0 Å². The van der Waals surface area contributed by atoms with Gasteiger partial charge in [-0.1, -0.05) is 0 Å². The number of amides is 2. The molecule has 146 valence electrons. The first-order valence-electron chi connectivity index (χ1n) is 9.07. The zero-order valence-electron chi connectivity index (χ0n) is 15.8. The SMILES string of the molecule is CC(=O)N1CCN(C(=O)c2cc(C)nc(Nc3ccc4c(c3)OCO4)n2)CC1. The number of nitrogens with zero attached hydrogens (tertiary/aromatic N) is 4. The maximum Gasteiger partial charge on any atom is 0.272 e. The number of fused-ring (bicyclic) bond motifs is 1. The quantitative estimate of drug-likeness (QED) is 0.859. The van der Waals surface area contributed by atoms with Crippen molar-refractivity contribution in [1.82, 2.24) is 19.8 Å². The van der Waals surface area contributed by atoms with Gasteiger partial charge in [-0.2, -0.15) is 0 Å². The van der Waals surface area contributed by atoms with Gasteiger partial charge in [0.15, 0.2) is 11.5 Å². The fourth-order valence-electron chi connectivity index (χ4n) is 3.22. The lowest BCUT2D eigenvalue weighted by Gasteiger charge is -2.34. The molecule has 1 aromatic carbocycles. The van der Waals surface area contributed by atoms with Crippen LogP contribution in [0, 0.1) is 6.92 Å². The molecule has 2 amide bonds. The molecule has 0 aliphatic carbocycles. The molecule has 1 fully saturated rings. The molecule has 1 saturated heterocycles. The van der Waals surface area contributed by atoms with Crippen molar-refractivity contribution >= 4 is 23.5 Å². The van der Waals surface area contributed by atoms with Gasteiger partial charge < -0.3 is 24.6 Å². The highest BCUT2D eigenvalue weighted by molar-refractivity contribution is 5.93. The van der Waals surface area contributed by atoms with Gasteiger partial charge in [0.1, 0.15) is 5.69 Å². The summed E-state index contributed by atoms with van der Waals surface area (Å²) in [5.41, 5.74) is 1.75. The van der Waals surface area contributed by atoms with E-state index in [2.05, 4.69) is 15.3 Å². The maximum atomic E-state index is 12.9. The molecule has 2 aliphatic heterocycles. The van der Waals surface area contributed by atoms with Gasteiger partial charge in [-0.05, 0) is 25.1 Å². The molecular formula is C19H21N5O4. The third-order valence-corrected chi connectivity index (χ3v) is 4.71. The van der Waals surface area contributed by atoms with E-state index in [1.54, 1.807) is 34.9 Å². The first kappa shape index (κ1) is 18.0. The number of hydrogen-bond acceptors (Lipinski definition) is 7. The van der Waals surface area contributed by atoms with Crippen LogP contribution in [0.5, 0.6) is 11.5 Å². The minimum atomic E-state index is -0.164. The van der Waals surface area contributed by atoms with E-state index in [9.17, 15) is 9.59 Å². The molecule has 0 unspecified atom stereocenters. The first-order valence-corrected chi connectivity index (χ1v) is 9.07. The Bertz CT molecular complexity index is 925. The van der Waals surface area contributed by atoms with E-state index >= 15 is 0 Å². The number of nitrogens with one attached hydrogen (secondary N) is 1. The fraction of sp³-hybridized carbons (Fsp3) is 0.368. The summed E-state index contributed by atoms with van der Waals surface area (Å²) >= 11 is 0. The highest BCUT2D eigenvalue weighted by Gasteiger charge is 2.24. The van der Waals surface area contributed by atoms with E-state index < -0.39 is 0 Å². The smallest absolute Gasteiger partial charge is 0.272 e. The van der Waals surface area contributed by atoms with Crippen LogP contribution in [0.25, 0.3) is 0 Å². The summed E-state index contributed by atoms with van der Waals surface area (Å²) in [4.78, 5) is 36.5. The molecule has 2 aromatic rings. The number of ether oxygens (including phenoxy) is 2. The summed E-state index contributed by atoms with van der Waals surface area (Å²) in [5.74, 6) is 1.54. The minimum absolute atomic E-state index is 0.0280. The average molecular weight is 383 g/mol. The normalized spacial score (nSPS) is 15.5. The number of carbonyl (C=O) groups excluding carboxylic acids is 2. The third-order valence-electron chi connectivity index (χ3n) is 4.71. The zero-order valence-corrected chi connectivity index (χ0v) is 15.8. The molecule has 9 heteroatoms. The van der Waals surface area contributed by atoms with Crippen LogP contribution in [0.2, 0.25) is 0 Å². The van der Waals surface area contributed by atoms with Crippen LogP contribution in [0.4, 0.5) is 11.6 Å². The Balaban J connectivity index is 1.49. The van der Waals surface area contributed by atoms with Crippen molar-refractivity contribution in [2.24, 2.45) is 0 Å². The van der Waals surface area contributed by atoms with Crippen molar-refractivity contribution in [2.45, 2.75) is 13.8 Å².